The molecule has 19 heavy (non-hydrogen) atoms. The zero-order valence-electron chi connectivity index (χ0n) is 9.86. The van der Waals surface area contributed by atoms with Crippen LogP contribution in [0.4, 0.5) is 4.39 Å². The van der Waals surface area contributed by atoms with Crippen molar-refractivity contribution in [2.75, 3.05) is 0 Å². The van der Waals surface area contributed by atoms with Gasteiger partial charge in [-0.3, -0.25) is 0 Å². The number of rotatable bonds is 2. The molecular formula is C15H10BrFOS. The lowest BCUT2D eigenvalue weighted by Crippen LogP contribution is -1.82. The van der Waals surface area contributed by atoms with E-state index in [9.17, 15) is 9.50 Å². The normalized spacial score (nSPS) is 11.1. The van der Waals surface area contributed by atoms with Crippen LogP contribution in [-0.4, -0.2) is 5.11 Å². The molecule has 0 amide bonds. The molecule has 1 N–H and O–H groups in total. The van der Waals surface area contributed by atoms with Crippen LogP contribution in [-0.2, 0) is 6.61 Å². The van der Waals surface area contributed by atoms with E-state index in [4.69, 9.17) is 0 Å². The van der Waals surface area contributed by atoms with Crippen molar-refractivity contribution in [3.05, 3.63) is 57.6 Å². The van der Waals surface area contributed by atoms with E-state index in [1.54, 1.807) is 23.5 Å². The molecule has 3 aromatic rings. The van der Waals surface area contributed by atoms with E-state index in [0.29, 0.717) is 0 Å². The van der Waals surface area contributed by atoms with Crippen LogP contribution >= 0.6 is 27.3 Å². The molecule has 0 radical (unpaired) electrons. The van der Waals surface area contributed by atoms with Gasteiger partial charge in [0, 0.05) is 15.6 Å². The zero-order chi connectivity index (χ0) is 13.4. The molecule has 0 aliphatic rings. The summed E-state index contributed by atoms with van der Waals surface area (Å²) in [7, 11) is 0. The van der Waals surface area contributed by atoms with Crippen LogP contribution in [0.5, 0.6) is 0 Å². The summed E-state index contributed by atoms with van der Waals surface area (Å²) in [5.74, 6) is -0.234. The van der Waals surface area contributed by atoms with E-state index in [1.165, 1.54) is 12.1 Å². The summed E-state index contributed by atoms with van der Waals surface area (Å²) in [5.41, 5.74) is 2.95. The van der Waals surface area contributed by atoms with E-state index in [-0.39, 0.29) is 12.4 Å². The van der Waals surface area contributed by atoms with Crippen molar-refractivity contribution < 1.29 is 9.50 Å². The largest absolute Gasteiger partial charge is 0.392 e. The smallest absolute Gasteiger partial charge is 0.123 e. The van der Waals surface area contributed by atoms with Gasteiger partial charge in [0.05, 0.1) is 10.4 Å². The molecule has 0 fully saturated rings. The number of halogens is 2. The Balaban J connectivity index is 2.23. The summed E-state index contributed by atoms with van der Waals surface area (Å²) >= 11 is 5.19. The SMILES string of the molecule is OCc1ccc2c(-c3ccc(F)cc3)c(Br)sc2c1. The third kappa shape index (κ3) is 2.31. The molecule has 3 rings (SSSR count). The van der Waals surface area contributed by atoms with Crippen LogP contribution in [0.25, 0.3) is 21.2 Å². The number of benzene rings is 2. The Kier molecular flexibility index (Phi) is 3.39. The van der Waals surface area contributed by atoms with Crippen molar-refractivity contribution in [3.8, 4) is 11.1 Å². The van der Waals surface area contributed by atoms with Crippen molar-refractivity contribution >= 4 is 37.4 Å². The quantitative estimate of drug-likeness (QED) is 0.701. The maximum atomic E-state index is 13.0. The molecule has 4 heteroatoms. The Hall–Kier alpha value is -1.23. The van der Waals surface area contributed by atoms with Crippen molar-refractivity contribution in [2.24, 2.45) is 0 Å². The summed E-state index contributed by atoms with van der Waals surface area (Å²) in [6.07, 6.45) is 0. The second kappa shape index (κ2) is 5.04. The second-order valence-electron chi connectivity index (χ2n) is 4.25. The van der Waals surface area contributed by atoms with Crippen LogP contribution in [0.1, 0.15) is 5.56 Å². The molecule has 0 aliphatic carbocycles. The minimum absolute atomic E-state index is 0.0390. The van der Waals surface area contributed by atoms with Crippen LogP contribution in [0, 0.1) is 5.82 Å². The maximum Gasteiger partial charge on any atom is 0.123 e. The van der Waals surface area contributed by atoms with Crippen LogP contribution in [0.15, 0.2) is 46.3 Å². The first-order valence-electron chi connectivity index (χ1n) is 5.77. The van der Waals surface area contributed by atoms with Gasteiger partial charge in [-0.15, -0.1) is 11.3 Å². The standard InChI is InChI=1S/C15H10BrFOS/c16-15-14(10-2-4-11(17)5-3-10)12-6-1-9(8-18)7-13(12)19-15/h1-7,18H,8H2. The lowest BCUT2D eigenvalue weighted by atomic mass is 10.0. The Morgan fingerprint density at radius 3 is 2.53 bits per heavy atom. The van der Waals surface area contributed by atoms with Crippen molar-refractivity contribution in [1.29, 1.82) is 0 Å². The van der Waals surface area contributed by atoms with Gasteiger partial charge in [-0.25, -0.2) is 4.39 Å². The van der Waals surface area contributed by atoms with E-state index < -0.39 is 0 Å². The molecule has 0 unspecified atom stereocenters. The van der Waals surface area contributed by atoms with Gasteiger partial charge in [-0.05, 0) is 45.3 Å². The lowest BCUT2D eigenvalue weighted by Gasteiger charge is -2.02. The van der Waals surface area contributed by atoms with Gasteiger partial charge < -0.3 is 5.11 Å². The van der Waals surface area contributed by atoms with Gasteiger partial charge in [-0.1, -0.05) is 24.3 Å². The monoisotopic (exact) mass is 336 g/mol. The van der Waals surface area contributed by atoms with Gasteiger partial charge in [0.1, 0.15) is 5.82 Å². The van der Waals surface area contributed by atoms with Gasteiger partial charge in [0.25, 0.3) is 0 Å². The van der Waals surface area contributed by atoms with Crippen molar-refractivity contribution in [2.45, 2.75) is 6.61 Å². The molecule has 0 spiro atoms. The number of hydrogen-bond donors (Lipinski definition) is 1. The Labute approximate surface area is 122 Å². The zero-order valence-corrected chi connectivity index (χ0v) is 12.3. The molecule has 0 aliphatic heterocycles. The summed E-state index contributed by atoms with van der Waals surface area (Å²) < 4.78 is 15.1. The maximum absolute atomic E-state index is 13.0. The second-order valence-corrected chi connectivity index (χ2v) is 6.62. The summed E-state index contributed by atoms with van der Waals surface area (Å²) in [6, 6.07) is 12.4. The summed E-state index contributed by atoms with van der Waals surface area (Å²) in [6.45, 7) is 0.0390. The highest BCUT2D eigenvalue weighted by Crippen LogP contribution is 2.42. The average Bonchev–Trinajstić information content (AvgIpc) is 2.74. The summed E-state index contributed by atoms with van der Waals surface area (Å²) in [5, 5.41) is 10.3. The van der Waals surface area contributed by atoms with Gasteiger partial charge in [0.2, 0.25) is 0 Å². The van der Waals surface area contributed by atoms with E-state index in [2.05, 4.69) is 15.9 Å². The molecule has 0 saturated heterocycles. The number of thiophene rings is 1. The molecule has 1 nitrogen and oxygen atoms in total. The number of fused-ring (bicyclic) bond motifs is 1. The number of aliphatic hydroxyl groups excluding tert-OH is 1. The highest BCUT2D eigenvalue weighted by atomic mass is 79.9. The minimum atomic E-state index is -0.234. The average molecular weight is 337 g/mol. The summed E-state index contributed by atoms with van der Waals surface area (Å²) in [4.78, 5) is 0. The Morgan fingerprint density at radius 1 is 1.11 bits per heavy atom. The van der Waals surface area contributed by atoms with Gasteiger partial charge in [-0.2, -0.15) is 0 Å². The first kappa shape index (κ1) is 12.8. The first-order chi connectivity index (χ1) is 9.19. The molecule has 1 aromatic heterocycles. The van der Waals surface area contributed by atoms with Gasteiger partial charge >= 0.3 is 0 Å². The highest BCUT2D eigenvalue weighted by molar-refractivity contribution is 9.11. The third-order valence-electron chi connectivity index (χ3n) is 3.03. The molecule has 0 bridgehead atoms. The van der Waals surface area contributed by atoms with Crippen LogP contribution in [0.2, 0.25) is 0 Å². The molecular weight excluding hydrogens is 327 g/mol. The fourth-order valence-electron chi connectivity index (χ4n) is 2.10. The number of hydrogen-bond acceptors (Lipinski definition) is 2. The first-order valence-corrected chi connectivity index (χ1v) is 7.37. The molecule has 0 saturated carbocycles. The van der Waals surface area contributed by atoms with Crippen LogP contribution in [0.3, 0.4) is 0 Å². The fraction of sp³-hybridized carbons (Fsp3) is 0.0667. The van der Waals surface area contributed by atoms with Crippen LogP contribution < -0.4 is 0 Å². The molecule has 2 aromatic carbocycles. The third-order valence-corrected chi connectivity index (χ3v) is 4.85. The fourth-order valence-corrected chi connectivity index (χ4v) is 4.07. The molecule has 1 heterocycles. The highest BCUT2D eigenvalue weighted by Gasteiger charge is 2.12. The van der Waals surface area contributed by atoms with E-state index in [1.807, 2.05) is 18.2 Å². The molecule has 0 atom stereocenters. The predicted octanol–water partition coefficient (Wildman–Crippen LogP) is 4.96. The Bertz CT molecular complexity index is 734. The molecule has 96 valence electrons. The van der Waals surface area contributed by atoms with Crippen molar-refractivity contribution in [1.82, 2.24) is 0 Å². The topological polar surface area (TPSA) is 20.2 Å². The minimum Gasteiger partial charge on any atom is -0.392 e. The van der Waals surface area contributed by atoms with Crippen molar-refractivity contribution in [3.63, 3.8) is 0 Å². The van der Waals surface area contributed by atoms with E-state index in [0.717, 1.165) is 30.6 Å². The van der Waals surface area contributed by atoms with E-state index >= 15 is 0 Å². The Morgan fingerprint density at radius 2 is 1.84 bits per heavy atom. The lowest BCUT2D eigenvalue weighted by molar-refractivity contribution is 0.282. The predicted molar refractivity (Wildman–Crippen MR) is 80.8 cm³/mol. The number of aliphatic hydroxyl groups is 1. The van der Waals surface area contributed by atoms with Gasteiger partial charge in [0.15, 0.2) is 0 Å².